The van der Waals surface area contributed by atoms with Gasteiger partial charge in [-0.15, -0.1) is 0 Å². The first-order valence-electron chi connectivity index (χ1n) is 7.56. The number of rotatable bonds is 3. The van der Waals surface area contributed by atoms with Crippen LogP contribution in [-0.4, -0.2) is 25.7 Å². The Bertz CT molecular complexity index is 596. The molecule has 1 saturated heterocycles. The Hall–Kier alpha value is -2.53. The van der Waals surface area contributed by atoms with Crippen molar-refractivity contribution in [3.63, 3.8) is 0 Å². The van der Waals surface area contributed by atoms with E-state index in [0.29, 0.717) is 36.4 Å². The van der Waals surface area contributed by atoms with E-state index in [4.69, 9.17) is 4.74 Å². The Labute approximate surface area is 130 Å². The summed E-state index contributed by atoms with van der Waals surface area (Å²) in [5, 5.41) is 18.6. The fraction of sp³-hybridized carbons (Fsp3) is 0.471. The third kappa shape index (κ3) is 3.38. The van der Waals surface area contributed by atoms with Crippen LogP contribution >= 0.6 is 0 Å². The van der Waals surface area contributed by atoms with Crippen LogP contribution in [0.2, 0.25) is 0 Å². The summed E-state index contributed by atoms with van der Waals surface area (Å²) in [6.07, 6.45) is 2.31. The molecule has 0 spiro atoms. The molecule has 2 rings (SSSR count). The van der Waals surface area contributed by atoms with Gasteiger partial charge in [-0.25, -0.2) is 0 Å². The minimum Gasteiger partial charge on any atom is -0.466 e. The van der Waals surface area contributed by atoms with Gasteiger partial charge in [0.15, 0.2) is 0 Å². The van der Waals surface area contributed by atoms with Crippen molar-refractivity contribution in [2.75, 3.05) is 24.6 Å². The highest BCUT2D eigenvalue weighted by molar-refractivity contribution is 5.73. The number of nitriles is 2. The topological polar surface area (TPSA) is 77.1 Å². The number of carbonyl (C=O) groups excluding carboxylic acids is 1. The number of esters is 1. The number of benzene rings is 1. The number of ether oxygens (including phenoxy) is 1. The van der Waals surface area contributed by atoms with Crippen molar-refractivity contribution in [1.29, 1.82) is 10.5 Å². The quantitative estimate of drug-likeness (QED) is 0.801. The predicted molar refractivity (Wildman–Crippen MR) is 82.1 cm³/mol. The van der Waals surface area contributed by atoms with E-state index < -0.39 is 0 Å². The van der Waals surface area contributed by atoms with Gasteiger partial charge in [-0.05, 0) is 38.3 Å². The van der Waals surface area contributed by atoms with Crippen molar-refractivity contribution in [2.24, 2.45) is 5.92 Å². The van der Waals surface area contributed by atoms with E-state index in [2.05, 4.69) is 17.0 Å². The zero-order valence-corrected chi connectivity index (χ0v) is 12.7. The molecule has 0 N–H and O–H groups in total. The molecule has 1 aromatic carbocycles. The minimum absolute atomic E-state index is 0.0928. The Balaban J connectivity index is 2.20. The molecule has 0 bridgehead atoms. The van der Waals surface area contributed by atoms with E-state index in [9.17, 15) is 15.3 Å². The number of nitrogens with zero attached hydrogens (tertiary/aromatic N) is 3. The lowest BCUT2D eigenvalue weighted by atomic mass is 10.0. The van der Waals surface area contributed by atoms with Crippen molar-refractivity contribution in [2.45, 2.75) is 26.2 Å². The van der Waals surface area contributed by atoms with E-state index >= 15 is 0 Å². The summed E-state index contributed by atoms with van der Waals surface area (Å²) in [5.41, 5.74) is 1.71. The predicted octanol–water partition coefficient (Wildman–Crippen LogP) is 2.60. The van der Waals surface area contributed by atoms with Crippen LogP contribution in [0.25, 0.3) is 0 Å². The fourth-order valence-electron chi connectivity index (χ4n) is 2.88. The number of carbonyl (C=O) groups is 1. The maximum absolute atomic E-state index is 11.9. The highest BCUT2D eigenvalue weighted by Crippen LogP contribution is 2.29. The monoisotopic (exact) mass is 297 g/mol. The maximum Gasteiger partial charge on any atom is 0.308 e. The first-order chi connectivity index (χ1) is 10.7. The van der Waals surface area contributed by atoms with E-state index in [1.54, 1.807) is 18.2 Å². The van der Waals surface area contributed by atoms with Gasteiger partial charge in [0.05, 0.1) is 29.3 Å². The zero-order valence-electron chi connectivity index (χ0n) is 12.7. The first kappa shape index (κ1) is 15.9. The van der Waals surface area contributed by atoms with Crippen molar-refractivity contribution < 1.29 is 9.53 Å². The van der Waals surface area contributed by atoms with Gasteiger partial charge in [-0.2, -0.15) is 10.5 Å². The van der Waals surface area contributed by atoms with Crippen LogP contribution < -0.4 is 4.90 Å². The van der Waals surface area contributed by atoms with Crippen molar-refractivity contribution >= 4 is 11.7 Å². The normalized spacial score (nSPS) is 18.0. The molecule has 22 heavy (non-hydrogen) atoms. The highest BCUT2D eigenvalue weighted by Gasteiger charge is 2.26. The van der Waals surface area contributed by atoms with Crippen molar-refractivity contribution in [1.82, 2.24) is 0 Å². The molecule has 1 heterocycles. The highest BCUT2D eigenvalue weighted by atomic mass is 16.5. The third-order valence-corrected chi connectivity index (χ3v) is 3.94. The standard InChI is InChI=1S/C17H19N3O2/c1-2-22-17(21)13-7-4-9-20(10-8-13)16-14(11-18)5-3-6-15(16)12-19/h3,5-6,13H,2,4,7-10H2,1H3. The average molecular weight is 297 g/mol. The molecule has 1 aromatic rings. The van der Waals surface area contributed by atoms with Gasteiger partial charge < -0.3 is 9.64 Å². The Morgan fingerprint density at radius 2 is 1.95 bits per heavy atom. The molecule has 1 aliphatic heterocycles. The van der Waals surface area contributed by atoms with E-state index in [1.165, 1.54) is 0 Å². The molecular weight excluding hydrogens is 278 g/mol. The number of hydrogen-bond acceptors (Lipinski definition) is 5. The van der Waals surface area contributed by atoms with E-state index in [-0.39, 0.29) is 11.9 Å². The Morgan fingerprint density at radius 3 is 2.55 bits per heavy atom. The summed E-state index contributed by atoms with van der Waals surface area (Å²) in [5.74, 6) is -0.233. The molecule has 1 aliphatic rings. The molecule has 0 aromatic heterocycles. The van der Waals surface area contributed by atoms with Crippen molar-refractivity contribution in [3.8, 4) is 12.1 Å². The Kier molecular flexibility index (Phi) is 5.38. The second kappa shape index (κ2) is 7.47. The molecule has 0 aliphatic carbocycles. The van der Waals surface area contributed by atoms with Gasteiger partial charge in [-0.3, -0.25) is 4.79 Å². The largest absolute Gasteiger partial charge is 0.466 e. The van der Waals surface area contributed by atoms with Gasteiger partial charge >= 0.3 is 5.97 Å². The van der Waals surface area contributed by atoms with Crippen LogP contribution in [0, 0.1) is 28.6 Å². The van der Waals surface area contributed by atoms with E-state index in [0.717, 1.165) is 19.4 Å². The average Bonchev–Trinajstić information content (AvgIpc) is 2.80. The van der Waals surface area contributed by atoms with Crippen LogP contribution in [-0.2, 0) is 9.53 Å². The lowest BCUT2D eigenvalue weighted by Gasteiger charge is -2.24. The number of para-hydroxylation sites is 1. The maximum atomic E-state index is 11.9. The van der Waals surface area contributed by atoms with Crippen LogP contribution in [0.4, 0.5) is 5.69 Å². The molecular formula is C17H19N3O2. The van der Waals surface area contributed by atoms with Crippen LogP contribution in [0.15, 0.2) is 18.2 Å². The van der Waals surface area contributed by atoms with Gasteiger partial charge in [0.1, 0.15) is 12.1 Å². The summed E-state index contributed by atoms with van der Waals surface area (Å²) in [4.78, 5) is 13.9. The van der Waals surface area contributed by atoms with Crippen LogP contribution in [0.3, 0.4) is 0 Å². The van der Waals surface area contributed by atoms with Crippen molar-refractivity contribution in [3.05, 3.63) is 29.3 Å². The van der Waals surface area contributed by atoms with Gasteiger partial charge in [0.2, 0.25) is 0 Å². The molecule has 0 amide bonds. The van der Waals surface area contributed by atoms with Gasteiger partial charge in [0.25, 0.3) is 0 Å². The third-order valence-electron chi connectivity index (χ3n) is 3.94. The molecule has 1 atom stereocenters. The second-order valence-corrected chi connectivity index (χ2v) is 5.29. The molecule has 114 valence electrons. The summed E-state index contributed by atoms with van der Waals surface area (Å²) in [6.45, 7) is 3.60. The van der Waals surface area contributed by atoms with Crippen LogP contribution in [0.5, 0.6) is 0 Å². The van der Waals surface area contributed by atoms with Gasteiger partial charge in [-0.1, -0.05) is 6.07 Å². The zero-order chi connectivity index (χ0) is 15.9. The van der Waals surface area contributed by atoms with Gasteiger partial charge in [0, 0.05) is 13.1 Å². The molecule has 5 heteroatoms. The van der Waals surface area contributed by atoms with Crippen LogP contribution in [0.1, 0.15) is 37.3 Å². The lowest BCUT2D eigenvalue weighted by Crippen LogP contribution is -2.27. The number of anilines is 1. The van der Waals surface area contributed by atoms with E-state index in [1.807, 2.05) is 6.92 Å². The summed E-state index contributed by atoms with van der Waals surface area (Å²) in [7, 11) is 0. The molecule has 1 fully saturated rings. The SMILES string of the molecule is CCOC(=O)C1CCCN(c2c(C#N)cccc2C#N)CC1. The second-order valence-electron chi connectivity index (χ2n) is 5.29. The Morgan fingerprint density at radius 1 is 1.27 bits per heavy atom. The molecule has 5 nitrogen and oxygen atoms in total. The fourth-order valence-corrected chi connectivity index (χ4v) is 2.88. The summed E-state index contributed by atoms with van der Waals surface area (Å²) >= 11 is 0. The number of hydrogen-bond donors (Lipinski definition) is 0. The first-order valence-corrected chi connectivity index (χ1v) is 7.56. The summed E-state index contributed by atoms with van der Waals surface area (Å²) < 4.78 is 5.11. The lowest BCUT2D eigenvalue weighted by molar-refractivity contribution is -0.148. The molecule has 1 unspecified atom stereocenters. The summed E-state index contributed by atoms with van der Waals surface area (Å²) in [6, 6.07) is 9.49. The minimum atomic E-state index is -0.140. The molecule has 0 radical (unpaired) electrons. The smallest absolute Gasteiger partial charge is 0.308 e. The molecule has 0 saturated carbocycles.